The minimum Gasteiger partial charge on any atom is -0.356 e. The monoisotopic (exact) mass is 422 g/mol. The highest BCUT2D eigenvalue weighted by Gasteiger charge is 2.32. The van der Waals surface area contributed by atoms with E-state index in [1.165, 1.54) is 12.8 Å². The first-order valence-electron chi connectivity index (χ1n) is 11.3. The van der Waals surface area contributed by atoms with Crippen LogP contribution in [-0.4, -0.2) is 44.0 Å². The molecular formula is C23H38N2O3S. The predicted octanol–water partition coefficient (Wildman–Crippen LogP) is 3.99. The van der Waals surface area contributed by atoms with E-state index in [1.807, 2.05) is 30.3 Å². The van der Waals surface area contributed by atoms with Gasteiger partial charge in [-0.25, -0.2) is 12.7 Å². The third kappa shape index (κ3) is 8.09. The Morgan fingerprint density at radius 3 is 2.66 bits per heavy atom. The van der Waals surface area contributed by atoms with Gasteiger partial charge >= 0.3 is 0 Å². The summed E-state index contributed by atoms with van der Waals surface area (Å²) in [5, 5.41) is 3.09. The molecule has 1 aromatic carbocycles. The van der Waals surface area contributed by atoms with E-state index in [1.54, 1.807) is 4.31 Å². The predicted molar refractivity (Wildman–Crippen MR) is 119 cm³/mol. The Balaban J connectivity index is 1.81. The van der Waals surface area contributed by atoms with Crippen LogP contribution in [0.5, 0.6) is 0 Å². The van der Waals surface area contributed by atoms with E-state index in [4.69, 9.17) is 0 Å². The molecule has 164 valence electrons. The van der Waals surface area contributed by atoms with Gasteiger partial charge in [-0.3, -0.25) is 4.79 Å². The van der Waals surface area contributed by atoms with Crippen molar-refractivity contribution in [3.63, 3.8) is 0 Å². The van der Waals surface area contributed by atoms with E-state index in [0.717, 1.165) is 37.7 Å². The number of hydrogen-bond donors (Lipinski definition) is 1. The molecule has 1 aromatic rings. The lowest BCUT2D eigenvalue weighted by Gasteiger charge is -2.31. The van der Waals surface area contributed by atoms with Crippen LogP contribution in [0.25, 0.3) is 0 Å². The van der Waals surface area contributed by atoms with E-state index in [2.05, 4.69) is 19.2 Å². The SMILES string of the molecule is CCCCC(CC)CNC(=O)C1CCCN(S(=O)(=O)CCCc2ccccc2)C1. The smallest absolute Gasteiger partial charge is 0.224 e. The van der Waals surface area contributed by atoms with Crippen LogP contribution in [0.4, 0.5) is 0 Å². The first-order chi connectivity index (χ1) is 14.0. The number of rotatable bonds is 12. The Kier molecular flexibility index (Phi) is 10.2. The molecule has 0 spiro atoms. The van der Waals surface area contributed by atoms with Crippen LogP contribution in [-0.2, 0) is 21.2 Å². The number of nitrogens with one attached hydrogen (secondary N) is 1. The summed E-state index contributed by atoms with van der Waals surface area (Å²) in [5.41, 5.74) is 1.16. The molecule has 2 unspecified atom stereocenters. The number of hydrogen-bond acceptors (Lipinski definition) is 3. The summed E-state index contributed by atoms with van der Waals surface area (Å²) in [4.78, 5) is 12.6. The van der Waals surface area contributed by atoms with Gasteiger partial charge in [-0.15, -0.1) is 0 Å². The third-order valence-electron chi connectivity index (χ3n) is 5.97. The van der Waals surface area contributed by atoms with Crippen LogP contribution in [0.2, 0.25) is 0 Å². The third-order valence-corrected chi connectivity index (χ3v) is 7.89. The molecule has 0 bridgehead atoms. The standard InChI is InChI=1S/C23H38N2O3S/c1-3-5-11-20(4-2)18-24-23(26)22-15-9-16-25(19-22)29(27,28)17-10-14-21-12-7-6-8-13-21/h6-8,12-13,20,22H,3-5,9-11,14-19H2,1-2H3,(H,24,26). The Bertz CT molecular complexity index is 706. The highest BCUT2D eigenvalue weighted by atomic mass is 32.2. The van der Waals surface area contributed by atoms with Crippen molar-refractivity contribution in [1.82, 2.24) is 9.62 Å². The maximum atomic E-state index is 12.8. The number of nitrogens with zero attached hydrogens (tertiary/aromatic N) is 1. The maximum Gasteiger partial charge on any atom is 0.224 e. The molecule has 0 saturated carbocycles. The first-order valence-corrected chi connectivity index (χ1v) is 12.9. The molecule has 1 N–H and O–H groups in total. The van der Waals surface area contributed by atoms with Gasteiger partial charge in [-0.1, -0.05) is 63.4 Å². The number of piperidine rings is 1. The molecule has 0 aromatic heterocycles. The van der Waals surface area contributed by atoms with E-state index < -0.39 is 10.0 Å². The molecule has 0 aliphatic carbocycles. The summed E-state index contributed by atoms with van der Waals surface area (Å²) >= 11 is 0. The van der Waals surface area contributed by atoms with Crippen molar-refractivity contribution in [2.75, 3.05) is 25.4 Å². The molecule has 1 heterocycles. The number of sulfonamides is 1. The van der Waals surface area contributed by atoms with Gasteiger partial charge in [0.1, 0.15) is 0 Å². The van der Waals surface area contributed by atoms with Gasteiger partial charge < -0.3 is 5.32 Å². The van der Waals surface area contributed by atoms with Gasteiger partial charge in [0.05, 0.1) is 11.7 Å². The van der Waals surface area contributed by atoms with Gasteiger partial charge in [-0.2, -0.15) is 0 Å². The van der Waals surface area contributed by atoms with Crippen LogP contribution >= 0.6 is 0 Å². The Morgan fingerprint density at radius 2 is 1.97 bits per heavy atom. The van der Waals surface area contributed by atoms with Crippen molar-refractivity contribution in [1.29, 1.82) is 0 Å². The summed E-state index contributed by atoms with van der Waals surface area (Å²) in [7, 11) is -3.31. The molecule has 5 nitrogen and oxygen atoms in total. The zero-order valence-corrected chi connectivity index (χ0v) is 18.9. The molecule has 1 fully saturated rings. The van der Waals surface area contributed by atoms with Crippen LogP contribution < -0.4 is 5.32 Å². The van der Waals surface area contributed by atoms with E-state index in [0.29, 0.717) is 32.0 Å². The van der Waals surface area contributed by atoms with Gasteiger partial charge in [-0.05, 0) is 43.6 Å². The summed E-state index contributed by atoms with van der Waals surface area (Å²) in [5.74, 6) is 0.450. The molecule has 2 atom stereocenters. The number of carbonyl (C=O) groups is 1. The second-order valence-corrected chi connectivity index (χ2v) is 10.4. The molecule has 1 amide bonds. The number of carbonyl (C=O) groups excluding carboxylic acids is 1. The molecular weight excluding hydrogens is 384 g/mol. The Labute approximate surface area is 177 Å². The van der Waals surface area contributed by atoms with Gasteiger partial charge in [0, 0.05) is 19.6 Å². The quantitative estimate of drug-likeness (QED) is 0.554. The molecule has 1 saturated heterocycles. The zero-order valence-electron chi connectivity index (χ0n) is 18.1. The molecule has 6 heteroatoms. The van der Waals surface area contributed by atoms with Crippen molar-refractivity contribution in [2.45, 2.75) is 65.2 Å². The van der Waals surface area contributed by atoms with Crippen LogP contribution in [0, 0.1) is 11.8 Å². The van der Waals surface area contributed by atoms with Crippen LogP contribution in [0.3, 0.4) is 0 Å². The van der Waals surface area contributed by atoms with Crippen LogP contribution in [0.1, 0.15) is 64.4 Å². The minimum absolute atomic E-state index is 0.0177. The van der Waals surface area contributed by atoms with Crippen LogP contribution in [0.15, 0.2) is 30.3 Å². The highest BCUT2D eigenvalue weighted by molar-refractivity contribution is 7.89. The molecule has 1 aliphatic heterocycles. The van der Waals surface area contributed by atoms with E-state index in [-0.39, 0.29) is 17.6 Å². The maximum absolute atomic E-state index is 12.8. The summed E-state index contributed by atoms with van der Waals surface area (Å²) < 4.78 is 27.1. The Hall–Kier alpha value is -1.40. The van der Waals surface area contributed by atoms with Gasteiger partial charge in [0.15, 0.2) is 0 Å². The lowest BCUT2D eigenvalue weighted by molar-refractivity contribution is -0.126. The number of aryl methyl sites for hydroxylation is 1. The van der Waals surface area contributed by atoms with Crippen molar-refractivity contribution in [3.8, 4) is 0 Å². The summed E-state index contributed by atoms with van der Waals surface area (Å²) in [6, 6.07) is 9.97. The minimum atomic E-state index is -3.31. The van der Waals surface area contributed by atoms with Gasteiger partial charge in [0.2, 0.25) is 15.9 Å². The fraction of sp³-hybridized carbons (Fsp3) is 0.696. The molecule has 1 aliphatic rings. The van der Waals surface area contributed by atoms with E-state index >= 15 is 0 Å². The molecule has 2 rings (SSSR count). The Morgan fingerprint density at radius 1 is 1.21 bits per heavy atom. The lowest BCUT2D eigenvalue weighted by Crippen LogP contribution is -2.46. The summed E-state index contributed by atoms with van der Waals surface area (Å²) in [6.45, 7) is 5.91. The van der Waals surface area contributed by atoms with Crippen molar-refractivity contribution >= 4 is 15.9 Å². The van der Waals surface area contributed by atoms with Gasteiger partial charge in [0.25, 0.3) is 0 Å². The second kappa shape index (κ2) is 12.3. The molecule has 0 radical (unpaired) electrons. The topological polar surface area (TPSA) is 66.5 Å². The van der Waals surface area contributed by atoms with E-state index in [9.17, 15) is 13.2 Å². The number of amides is 1. The number of benzene rings is 1. The highest BCUT2D eigenvalue weighted by Crippen LogP contribution is 2.21. The number of unbranched alkanes of at least 4 members (excludes halogenated alkanes) is 1. The largest absolute Gasteiger partial charge is 0.356 e. The van der Waals surface area contributed by atoms with Crippen molar-refractivity contribution in [2.24, 2.45) is 11.8 Å². The first kappa shape index (κ1) is 23.9. The lowest BCUT2D eigenvalue weighted by atomic mass is 9.96. The van der Waals surface area contributed by atoms with Crippen molar-refractivity contribution < 1.29 is 13.2 Å². The normalized spacial score (nSPS) is 19.0. The average Bonchev–Trinajstić information content (AvgIpc) is 2.74. The second-order valence-electron chi connectivity index (χ2n) is 8.26. The van der Waals surface area contributed by atoms with Crippen molar-refractivity contribution in [3.05, 3.63) is 35.9 Å². The zero-order chi connectivity index (χ0) is 21.1. The fourth-order valence-corrected chi connectivity index (χ4v) is 5.56. The molecule has 29 heavy (non-hydrogen) atoms. The average molecular weight is 423 g/mol. The summed E-state index contributed by atoms with van der Waals surface area (Å²) in [6.07, 6.45) is 7.45. The fourth-order valence-electron chi connectivity index (χ4n) is 3.97.